The van der Waals surface area contributed by atoms with E-state index in [4.69, 9.17) is 23.2 Å². The number of carbonyl (C=O) groups excluding carboxylic acids is 1. The third-order valence-corrected chi connectivity index (χ3v) is 4.73. The topological polar surface area (TPSA) is 48.5 Å². The number of aromatic nitrogens is 1. The van der Waals surface area contributed by atoms with Crippen molar-refractivity contribution in [2.45, 2.75) is 6.54 Å². The molecule has 138 valence electrons. The number of rotatable bonds is 5. The molecule has 1 fully saturated rings. The van der Waals surface area contributed by atoms with Gasteiger partial charge >= 0.3 is 0 Å². The first-order chi connectivity index (χ1) is 12.5. The molecule has 1 aliphatic heterocycles. The van der Waals surface area contributed by atoms with Crippen molar-refractivity contribution in [1.29, 1.82) is 0 Å². The van der Waals surface area contributed by atoms with Crippen LogP contribution in [-0.4, -0.2) is 53.4 Å². The van der Waals surface area contributed by atoms with Crippen LogP contribution in [0.25, 0.3) is 0 Å². The van der Waals surface area contributed by atoms with Crippen LogP contribution < -0.4 is 5.32 Å². The smallest absolute Gasteiger partial charge is 0.239 e. The standard InChI is InChI=1S/C18H19Cl2FN4O/c19-14-2-4-17(22-10-14)23-18(26)12-25-7-5-24(6-8-25)11-13-1-3-16(21)15(20)9-13/h1-4,9-10H,5-8,11-12H2,(H,22,23,26). The number of anilines is 1. The highest BCUT2D eigenvalue weighted by Gasteiger charge is 2.19. The fourth-order valence-electron chi connectivity index (χ4n) is 2.84. The maximum Gasteiger partial charge on any atom is 0.239 e. The zero-order valence-electron chi connectivity index (χ0n) is 14.1. The number of nitrogens with one attached hydrogen (secondary N) is 1. The summed E-state index contributed by atoms with van der Waals surface area (Å²) in [5.74, 6) is -0.00811. The molecule has 0 radical (unpaired) electrons. The van der Waals surface area contributed by atoms with Crippen LogP contribution in [0, 0.1) is 5.82 Å². The molecule has 0 spiro atoms. The molecule has 0 aliphatic carbocycles. The predicted octanol–water partition coefficient (Wildman–Crippen LogP) is 3.28. The molecule has 1 aliphatic rings. The van der Waals surface area contributed by atoms with E-state index in [0.717, 1.165) is 31.7 Å². The number of hydrogen-bond donors (Lipinski definition) is 1. The van der Waals surface area contributed by atoms with Gasteiger partial charge in [0.25, 0.3) is 0 Å². The molecule has 8 heteroatoms. The molecule has 1 aromatic carbocycles. The van der Waals surface area contributed by atoms with Gasteiger partial charge in [-0.2, -0.15) is 0 Å². The van der Waals surface area contributed by atoms with Crippen LogP contribution in [0.2, 0.25) is 10.0 Å². The summed E-state index contributed by atoms with van der Waals surface area (Å²) in [6.07, 6.45) is 1.50. The second-order valence-electron chi connectivity index (χ2n) is 6.21. The van der Waals surface area contributed by atoms with Gasteiger partial charge in [-0.25, -0.2) is 9.37 Å². The highest BCUT2D eigenvalue weighted by atomic mass is 35.5. The molecule has 1 aromatic heterocycles. The predicted molar refractivity (Wildman–Crippen MR) is 101 cm³/mol. The van der Waals surface area contributed by atoms with Gasteiger partial charge in [0.2, 0.25) is 5.91 Å². The van der Waals surface area contributed by atoms with E-state index in [0.29, 0.717) is 23.9 Å². The number of amides is 1. The quantitative estimate of drug-likeness (QED) is 0.842. The third kappa shape index (κ3) is 5.38. The Hall–Kier alpha value is -1.73. The Morgan fingerprint density at radius 1 is 1.12 bits per heavy atom. The third-order valence-electron chi connectivity index (χ3n) is 4.22. The summed E-state index contributed by atoms with van der Waals surface area (Å²) >= 11 is 11.6. The van der Waals surface area contributed by atoms with Crippen molar-refractivity contribution in [1.82, 2.24) is 14.8 Å². The Balaban J connectivity index is 1.43. The largest absolute Gasteiger partial charge is 0.310 e. The summed E-state index contributed by atoms with van der Waals surface area (Å²) in [6, 6.07) is 8.16. The van der Waals surface area contributed by atoms with E-state index >= 15 is 0 Å². The van der Waals surface area contributed by atoms with Crippen LogP contribution in [0.1, 0.15) is 5.56 Å². The van der Waals surface area contributed by atoms with Gasteiger partial charge in [0.15, 0.2) is 0 Å². The number of hydrogen-bond acceptors (Lipinski definition) is 4. The van der Waals surface area contributed by atoms with Crippen LogP contribution >= 0.6 is 23.2 Å². The van der Waals surface area contributed by atoms with Crippen molar-refractivity contribution in [2.75, 3.05) is 38.0 Å². The number of halogens is 3. The van der Waals surface area contributed by atoms with Gasteiger partial charge < -0.3 is 5.32 Å². The molecule has 0 bridgehead atoms. The van der Waals surface area contributed by atoms with Crippen molar-refractivity contribution in [3.05, 3.63) is 58.0 Å². The lowest BCUT2D eigenvalue weighted by atomic mass is 10.2. The second kappa shape index (κ2) is 8.77. The van der Waals surface area contributed by atoms with Crippen LogP contribution in [0.4, 0.5) is 10.2 Å². The van der Waals surface area contributed by atoms with Gasteiger partial charge in [-0.15, -0.1) is 0 Å². The minimum atomic E-state index is -0.401. The zero-order chi connectivity index (χ0) is 18.5. The molecule has 5 nitrogen and oxygen atoms in total. The molecule has 1 N–H and O–H groups in total. The lowest BCUT2D eigenvalue weighted by Gasteiger charge is -2.34. The number of pyridine rings is 1. The summed E-state index contributed by atoms with van der Waals surface area (Å²) in [6.45, 7) is 4.28. The van der Waals surface area contributed by atoms with Gasteiger partial charge in [0.05, 0.1) is 16.6 Å². The second-order valence-corrected chi connectivity index (χ2v) is 7.05. The average molecular weight is 397 g/mol. The van der Waals surface area contributed by atoms with Crippen molar-refractivity contribution < 1.29 is 9.18 Å². The first-order valence-corrected chi connectivity index (χ1v) is 9.05. The van der Waals surface area contributed by atoms with E-state index < -0.39 is 5.82 Å². The summed E-state index contributed by atoms with van der Waals surface area (Å²) in [4.78, 5) is 20.5. The van der Waals surface area contributed by atoms with E-state index in [1.54, 1.807) is 24.3 Å². The SMILES string of the molecule is O=C(CN1CCN(Cc2ccc(F)c(Cl)c2)CC1)Nc1ccc(Cl)cn1. The van der Waals surface area contributed by atoms with Crippen molar-refractivity contribution >= 4 is 34.9 Å². The monoisotopic (exact) mass is 396 g/mol. The van der Waals surface area contributed by atoms with E-state index in [1.165, 1.54) is 12.3 Å². The van der Waals surface area contributed by atoms with E-state index in [2.05, 4.69) is 20.1 Å². The van der Waals surface area contributed by atoms with Crippen LogP contribution in [0.3, 0.4) is 0 Å². The van der Waals surface area contributed by atoms with Crippen LogP contribution in [-0.2, 0) is 11.3 Å². The van der Waals surface area contributed by atoms with Gasteiger partial charge in [-0.3, -0.25) is 14.6 Å². The van der Waals surface area contributed by atoms with E-state index in [9.17, 15) is 9.18 Å². The number of piperazine rings is 1. The highest BCUT2D eigenvalue weighted by molar-refractivity contribution is 6.30. The Bertz CT molecular complexity index is 764. The molecule has 1 saturated heterocycles. The molecule has 0 unspecified atom stereocenters. The van der Waals surface area contributed by atoms with Gasteiger partial charge in [0.1, 0.15) is 11.6 Å². The van der Waals surface area contributed by atoms with Crippen LogP contribution in [0.5, 0.6) is 0 Å². The highest BCUT2D eigenvalue weighted by Crippen LogP contribution is 2.18. The summed E-state index contributed by atoms with van der Waals surface area (Å²) in [5, 5.41) is 3.44. The maximum atomic E-state index is 13.2. The maximum absolute atomic E-state index is 13.2. The molecule has 0 atom stereocenters. The Morgan fingerprint density at radius 2 is 1.85 bits per heavy atom. The minimum absolute atomic E-state index is 0.0985. The molecule has 3 rings (SSSR count). The van der Waals surface area contributed by atoms with Gasteiger partial charge in [-0.1, -0.05) is 29.3 Å². The fraction of sp³-hybridized carbons (Fsp3) is 0.333. The van der Waals surface area contributed by atoms with Crippen LogP contribution in [0.15, 0.2) is 36.5 Å². The molecular weight excluding hydrogens is 378 g/mol. The lowest BCUT2D eigenvalue weighted by molar-refractivity contribution is -0.117. The van der Waals surface area contributed by atoms with Crippen molar-refractivity contribution in [3.63, 3.8) is 0 Å². The molecule has 1 amide bonds. The normalized spacial score (nSPS) is 15.8. The van der Waals surface area contributed by atoms with E-state index in [-0.39, 0.29) is 10.9 Å². The van der Waals surface area contributed by atoms with Crippen molar-refractivity contribution in [2.24, 2.45) is 0 Å². The Kier molecular flexibility index (Phi) is 6.43. The van der Waals surface area contributed by atoms with Gasteiger partial charge in [-0.05, 0) is 29.8 Å². The molecule has 0 saturated carbocycles. The fourth-order valence-corrected chi connectivity index (χ4v) is 3.15. The number of carbonyl (C=O) groups is 1. The minimum Gasteiger partial charge on any atom is -0.310 e. The average Bonchev–Trinajstić information content (AvgIpc) is 2.62. The molecule has 26 heavy (non-hydrogen) atoms. The number of benzene rings is 1. The summed E-state index contributed by atoms with van der Waals surface area (Å²) < 4.78 is 13.2. The first-order valence-electron chi connectivity index (χ1n) is 8.29. The first kappa shape index (κ1) is 19.0. The Labute approximate surface area is 161 Å². The molecular formula is C18H19Cl2FN4O. The zero-order valence-corrected chi connectivity index (χ0v) is 15.6. The van der Waals surface area contributed by atoms with Crippen molar-refractivity contribution in [3.8, 4) is 0 Å². The molecule has 2 heterocycles. The molecule has 2 aromatic rings. The Morgan fingerprint density at radius 3 is 2.50 bits per heavy atom. The lowest BCUT2D eigenvalue weighted by Crippen LogP contribution is -2.48. The number of nitrogens with zero attached hydrogens (tertiary/aromatic N) is 3. The summed E-state index contributed by atoms with van der Waals surface area (Å²) in [5.41, 5.74) is 0.983. The van der Waals surface area contributed by atoms with Gasteiger partial charge in [0, 0.05) is 38.9 Å². The van der Waals surface area contributed by atoms with E-state index in [1.807, 2.05) is 0 Å². The summed E-state index contributed by atoms with van der Waals surface area (Å²) in [7, 11) is 0.